The first kappa shape index (κ1) is 19.5. The van der Waals surface area contributed by atoms with Crippen molar-refractivity contribution < 1.29 is 23.4 Å². The number of carboxylic acids is 1. The number of likely N-dealkylation sites (tertiary alicyclic amines) is 1. The minimum Gasteiger partial charge on any atom is -0.494 e. The molecule has 0 atom stereocenters. The van der Waals surface area contributed by atoms with Crippen molar-refractivity contribution in [2.75, 3.05) is 19.7 Å². The van der Waals surface area contributed by atoms with Gasteiger partial charge in [-0.1, -0.05) is 25.5 Å². The average molecular weight is 397 g/mol. The third-order valence-corrected chi connectivity index (χ3v) is 5.30. The Bertz CT molecular complexity index is 1020. The summed E-state index contributed by atoms with van der Waals surface area (Å²) in [6, 6.07) is 12.7. The van der Waals surface area contributed by atoms with Crippen molar-refractivity contribution in [1.82, 2.24) is 4.90 Å². The normalized spacial score (nSPS) is 14.8. The number of rotatable bonds is 8. The first-order chi connectivity index (χ1) is 14.0. The number of benzene rings is 2. The number of ether oxygens (including phenoxy) is 1. The summed E-state index contributed by atoms with van der Waals surface area (Å²) < 4.78 is 26.7. The van der Waals surface area contributed by atoms with Gasteiger partial charge < -0.3 is 14.3 Å². The Morgan fingerprint density at radius 2 is 2.10 bits per heavy atom. The fourth-order valence-corrected chi connectivity index (χ4v) is 3.57. The van der Waals surface area contributed by atoms with E-state index in [9.17, 15) is 4.79 Å². The molecule has 1 fully saturated rings. The molecule has 3 aromatic rings. The lowest BCUT2D eigenvalue weighted by atomic mass is 9.98. The Morgan fingerprint density at radius 3 is 2.86 bits per heavy atom. The third kappa shape index (κ3) is 4.12. The maximum atomic E-state index is 15.1. The molecule has 2 heterocycles. The van der Waals surface area contributed by atoms with Crippen LogP contribution in [0.3, 0.4) is 0 Å². The number of carboxylic acid groups (broad SMARTS) is 1. The molecule has 6 heteroatoms. The van der Waals surface area contributed by atoms with Gasteiger partial charge >= 0.3 is 5.97 Å². The van der Waals surface area contributed by atoms with Crippen LogP contribution in [0.5, 0.6) is 5.75 Å². The van der Waals surface area contributed by atoms with E-state index in [4.69, 9.17) is 14.3 Å². The molecular formula is C23H24FNO4. The number of halogens is 1. The van der Waals surface area contributed by atoms with Gasteiger partial charge in [0.05, 0.1) is 18.1 Å². The third-order valence-electron chi connectivity index (χ3n) is 5.30. The molecule has 1 aliphatic heterocycles. The van der Waals surface area contributed by atoms with E-state index in [1.165, 1.54) is 0 Å². The Labute approximate surface area is 168 Å². The molecule has 0 saturated carbocycles. The molecule has 0 spiro atoms. The number of furan rings is 1. The quantitative estimate of drug-likeness (QED) is 0.546. The van der Waals surface area contributed by atoms with Gasteiger partial charge in [0, 0.05) is 30.6 Å². The molecule has 152 valence electrons. The SMILES string of the molecule is CCCCOc1ccc2oc(-c3cccc(CN4CC(C(=O)O)C4)c3F)cc2c1. The molecule has 1 N–H and O–H groups in total. The van der Waals surface area contributed by atoms with Crippen LogP contribution < -0.4 is 4.74 Å². The van der Waals surface area contributed by atoms with Crippen LogP contribution in [0.1, 0.15) is 25.3 Å². The monoisotopic (exact) mass is 397 g/mol. The highest BCUT2D eigenvalue weighted by atomic mass is 19.1. The van der Waals surface area contributed by atoms with Crippen molar-refractivity contribution in [3.8, 4) is 17.1 Å². The number of nitrogens with zero attached hydrogens (tertiary/aromatic N) is 1. The highest BCUT2D eigenvalue weighted by Crippen LogP contribution is 2.33. The number of unbranched alkanes of at least 4 members (excludes halogenated alkanes) is 1. The maximum absolute atomic E-state index is 15.1. The van der Waals surface area contributed by atoms with Crippen molar-refractivity contribution in [3.05, 3.63) is 53.8 Å². The molecule has 0 amide bonds. The molecule has 0 aliphatic carbocycles. The summed E-state index contributed by atoms with van der Waals surface area (Å²) in [7, 11) is 0. The molecule has 29 heavy (non-hydrogen) atoms. The van der Waals surface area contributed by atoms with E-state index in [-0.39, 0.29) is 11.7 Å². The van der Waals surface area contributed by atoms with E-state index in [0.717, 1.165) is 24.0 Å². The minimum atomic E-state index is -0.796. The van der Waals surface area contributed by atoms with Crippen LogP contribution >= 0.6 is 0 Å². The first-order valence-electron chi connectivity index (χ1n) is 9.94. The van der Waals surface area contributed by atoms with E-state index < -0.39 is 5.97 Å². The zero-order chi connectivity index (χ0) is 20.4. The number of hydrogen-bond acceptors (Lipinski definition) is 4. The zero-order valence-electron chi connectivity index (χ0n) is 16.4. The molecule has 1 aromatic heterocycles. The smallest absolute Gasteiger partial charge is 0.309 e. The van der Waals surface area contributed by atoms with Crippen LogP contribution in [0.25, 0.3) is 22.3 Å². The molecule has 5 nitrogen and oxygen atoms in total. The lowest BCUT2D eigenvalue weighted by Gasteiger charge is -2.36. The second-order valence-corrected chi connectivity index (χ2v) is 7.52. The lowest BCUT2D eigenvalue weighted by molar-refractivity contribution is -0.147. The summed E-state index contributed by atoms with van der Waals surface area (Å²) in [6.45, 7) is 4.07. The summed E-state index contributed by atoms with van der Waals surface area (Å²) in [5.74, 6) is -0.235. The number of fused-ring (bicyclic) bond motifs is 1. The topological polar surface area (TPSA) is 62.9 Å². The summed E-state index contributed by atoms with van der Waals surface area (Å²) in [4.78, 5) is 12.9. The second-order valence-electron chi connectivity index (χ2n) is 7.52. The predicted octanol–water partition coefficient (Wildman–Crippen LogP) is 4.93. The fourth-order valence-electron chi connectivity index (χ4n) is 3.57. The van der Waals surface area contributed by atoms with Gasteiger partial charge in [-0.05, 0) is 36.8 Å². The van der Waals surface area contributed by atoms with E-state index >= 15 is 4.39 Å². The first-order valence-corrected chi connectivity index (χ1v) is 9.94. The number of carbonyl (C=O) groups is 1. The van der Waals surface area contributed by atoms with Crippen molar-refractivity contribution in [3.63, 3.8) is 0 Å². The average Bonchev–Trinajstić information content (AvgIpc) is 3.08. The number of aliphatic carboxylic acids is 1. The zero-order valence-corrected chi connectivity index (χ0v) is 16.4. The Balaban J connectivity index is 1.53. The van der Waals surface area contributed by atoms with Crippen LogP contribution in [0.4, 0.5) is 4.39 Å². The van der Waals surface area contributed by atoms with Crippen LogP contribution in [-0.2, 0) is 11.3 Å². The van der Waals surface area contributed by atoms with E-state index in [0.29, 0.717) is 48.7 Å². The van der Waals surface area contributed by atoms with Gasteiger partial charge in [-0.15, -0.1) is 0 Å². The molecule has 1 aliphatic rings. The maximum Gasteiger partial charge on any atom is 0.309 e. The number of hydrogen-bond donors (Lipinski definition) is 1. The van der Waals surface area contributed by atoms with Crippen molar-refractivity contribution in [1.29, 1.82) is 0 Å². The van der Waals surface area contributed by atoms with Crippen molar-refractivity contribution >= 4 is 16.9 Å². The van der Waals surface area contributed by atoms with Gasteiger partial charge in [-0.25, -0.2) is 4.39 Å². The Kier molecular flexibility index (Phi) is 5.53. The summed E-state index contributed by atoms with van der Waals surface area (Å²) in [6.07, 6.45) is 2.07. The molecule has 2 aromatic carbocycles. The van der Waals surface area contributed by atoms with E-state index in [2.05, 4.69) is 6.92 Å². The Morgan fingerprint density at radius 1 is 1.28 bits per heavy atom. The fraction of sp³-hybridized carbons (Fsp3) is 0.348. The highest BCUT2D eigenvalue weighted by Gasteiger charge is 2.32. The van der Waals surface area contributed by atoms with Crippen LogP contribution in [-0.4, -0.2) is 35.7 Å². The highest BCUT2D eigenvalue weighted by molar-refractivity contribution is 5.84. The molecule has 4 rings (SSSR count). The van der Waals surface area contributed by atoms with Crippen molar-refractivity contribution in [2.45, 2.75) is 26.3 Å². The molecular weight excluding hydrogens is 373 g/mol. The minimum absolute atomic E-state index is 0.329. The van der Waals surface area contributed by atoms with E-state index in [1.807, 2.05) is 29.2 Å². The molecule has 0 unspecified atom stereocenters. The predicted molar refractivity (Wildman–Crippen MR) is 108 cm³/mol. The van der Waals surface area contributed by atoms with Gasteiger partial charge in [0.1, 0.15) is 22.9 Å². The summed E-state index contributed by atoms with van der Waals surface area (Å²) in [5.41, 5.74) is 1.62. The Hall–Kier alpha value is -2.86. The van der Waals surface area contributed by atoms with Gasteiger partial charge in [0.25, 0.3) is 0 Å². The van der Waals surface area contributed by atoms with E-state index in [1.54, 1.807) is 18.2 Å². The molecule has 1 saturated heterocycles. The van der Waals surface area contributed by atoms with Crippen LogP contribution in [0.2, 0.25) is 0 Å². The van der Waals surface area contributed by atoms with Crippen LogP contribution in [0.15, 0.2) is 46.9 Å². The van der Waals surface area contributed by atoms with Crippen LogP contribution in [0, 0.1) is 11.7 Å². The largest absolute Gasteiger partial charge is 0.494 e. The van der Waals surface area contributed by atoms with Gasteiger partial charge in [-0.2, -0.15) is 0 Å². The van der Waals surface area contributed by atoms with Crippen molar-refractivity contribution in [2.24, 2.45) is 5.92 Å². The van der Waals surface area contributed by atoms with Gasteiger partial charge in [-0.3, -0.25) is 9.69 Å². The standard InChI is InChI=1S/C23H24FNO4/c1-2-3-9-28-18-7-8-20-16(10-18)11-21(29-20)19-6-4-5-15(22(19)24)12-25-13-17(14-25)23(26)27/h4-8,10-11,17H,2-3,9,12-14H2,1H3,(H,26,27). The van der Waals surface area contributed by atoms with Gasteiger partial charge in [0.15, 0.2) is 0 Å². The summed E-state index contributed by atoms with van der Waals surface area (Å²) in [5, 5.41) is 9.86. The molecule has 0 radical (unpaired) electrons. The second kappa shape index (κ2) is 8.25. The van der Waals surface area contributed by atoms with Gasteiger partial charge in [0.2, 0.25) is 0 Å². The summed E-state index contributed by atoms with van der Waals surface area (Å²) >= 11 is 0. The molecule has 0 bridgehead atoms. The lowest BCUT2D eigenvalue weighted by Crippen LogP contribution is -2.49.